The predicted octanol–water partition coefficient (Wildman–Crippen LogP) is 2.77. The zero-order valence-corrected chi connectivity index (χ0v) is 12.1. The molecule has 21 heavy (non-hydrogen) atoms. The van der Waals surface area contributed by atoms with Crippen LogP contribution in [0.1, 0.15) is 30.0 Å². The van der Waals surface area contributed by atoms with Crippen LogP contribution in [-0.2, 0) is 0 Å². The second-order valence-corrected chi connectivity index (χ2v) is 5.11. The standard InChI is InChI=1S/C17H20N2O2/c1-2-20-13-7-5-6-12(10-13)17(19-18)15-11-21-16-9-4-3-8-14(15)16/h3-10,15,17,19H,2,11,18H2,1H3. The first kappa shape index (κ1) is 13.9. The van der Waals surface area contributed by atoms with Crippen molar-refractivity contribution in [1.82, 2.24) is 5.43 Å². The number of fused-ring (bicyclic) bond motifs is 1. The molecular weight excluding hydrogens is 264 g/mol. The van der Waals surface area contributed by atoms with E-state index in [1.807, 2.05) is 43.3 Å². The molecule has 0 radical (unpaired) electrons. The van der Waals surface area contributed by atoms with Crippen molar-refractivity contribution in [2.45, 2.75) is 18.9 Å². The highest BCUT2D eigenvalue weighted by molar-refractivity contribution is 5.43. The van der Waals surface area contributed by atoms with E-state index < -0.39 is 0 Å². The van der Waals surface area contributed by atoms with Crippen LogP contribution in [0.5, 0.6) is 11.5 Å². The molecule has 0 spiro atoms. The normalized spacial score (nSPS) is 17.9. The van der Waals surface area contributed by atoms with Gasteiger partial charge in [-0.25, -0.2) is 0 Å². The maximum Gasteiger partial charge on any atom is 0.122 e. The summed E-state index contributed by atoms with van der Waals surface area (Å²) in [5.74, 6) is 7.83. The highest BCUT2D eigenvalue weighted by atomic mass is 16.5. The summed E-state index contributed by atoms with van der Waals surface area (Å²) in [6.07, 6.45) is 0. The van der Waals surface area contributed by atoms with E-state index >= 15 is 0 Å². The van der Waals surface area contributed by atoms with Gasteiger partial charge in [0.25, 0.3) is 0 Å². The van der Waals surface area contributed by atoms with Crippen molar-refractivity contribution in [3.63, 3.8) is 0 Å². The van der Waals surface area contributed by atoms with E-state index in [4.69, 9.17) is 15.3 Å². The van der Waals surface area contributed by atoms with E-state index in [9.17, 15) is 0 Å². The summed E-state index contributed by atoms with van der Waals surface area (Å²) in [5.41, 5.74) is 5.24. The van der Waals surface area contributed by atoms with Crippen LogP contribution in [0.2, 0.25) is 0 Å². The lowest BCUT2D eigenvalue weighted by Gasteiger charge is -2.23. The van der Waals surface area contributed by atoms with Crippen molar-refractivity contribution in [3.05, 3.63) is 59.7 Å². The molecule has 3 rings (SSSR count). The van der Waals surface area contributed by atoms with Crippen LogP contribution in [0, 0.1) is 0 Å². The largest absolute Gasteiger partial charge is 0.494 e. The molecule has 2 aromatic carbocycles. The van der Waals surface area contributed by atoms with Gasteiger partial charge in [0.1, 0.15) is 11.5 Å². The minimum atomic E-state index is -0.00550. The fraction of sp³-hybridized carbons (Fsp3) is 0.294. The maximum absolute atomic E-state index is 5.82. The smallest absolute Gasteiger partial charge is 0.122 e. The molecule has 1 aliphatic rings. The quantitative estimate of drug-likeness (QED) is 0.655. The van der Waals surface area contributed by atoms with Gasteiger partial charge >= 0.3 is 0 Å². The Morgan fingerprint density at radius 3 is 2.95 bits per heavy atom. The van der Waals surface area contributed by atoms with Crippen molar-refractivity contribution in [2.75, 3.05) is 13.2 Å². The molecule has 3 N–H and O–H groups in total. The van der Waals surface area contributed by atoms with Gasteiger partial charge < -0.3 is 9.47 Å². The first-order valence-electron chi connectivity index (χ1n) is 7.24. The van der Waals surface area contributed by atoms with Crippen LogP contribution >= 0.6 is 0 Å². The lowest BCUT2D eigenvalue weighted by molar-refractivity contribution is 0.299. The van der Waals surface area contributed by atoms with Crippen LogP contribution < -0.4 is 20.7 Å². The fourth-order valence-corrected chi connectivity index (χ4v) is 2.87. The number of benzene rings is 2. The second kappa shape index (κ2) is 6.16. The van der Waals surface area contributed by atoms with E-state index in [1.54, 1.807) is 0 Å². The Kier molecular flexibility index (Phi) is 4.08. The van der Waals surface area contributed by atoms with Gasteiger partial charge in [0.2, 0.25) is 0 Å². The van der Waals surface area contributed by atoms with Gasteiger partial charge in [-0.1, -0.05) is 30.3 Å². The summed E-state index contributed by atoms with van der Waals surface area (Å²) in [6, 6.07) is 16.2. The number of nitrogens with one attached hydrogen (secondary N) is 1. The molecule has 2 atom stereocenters. The minimum absolute atomic E-state index is 0.00550. The van der Waals surface area contributed by atoms with E-state index in [2.05, 4.69) is 17.6 Å². The fourth-order valence-electron chi connectivity index (χ4n) is 2.87. The maximum atomic E-state index is 5.82. The Morgan fingerprint density at radius 2 is 2.14 bits per heavy atom. The molecule has 2 aromatic rings. The van der Waals surface area contributed by atoms with Gasteiger partial charge in [-0.2, -0.15) is 0 Å². The Bertz CT molecular complexity index is 615. The molecule has 0 saturated carbocycles. The molecule has 0 aromatic heterocycles. The number of ether oxygens (including phenoxy) is 2. The molecule has 0 aliphatic carbocycles. The summed E-state index contributed by atoms with van der Waals surface area (Å²) in [5, 5.41) is 0. The molecule has 0 fully saturated rings. The molecule has 1 aliphatic heterocycles. The third kappa shape index (κ3) is 2.73. The summed E-state index contributed by atoms with van der Waals surface area (Å²) < 4.78 is 11.3. The molecule has 0 amide bonds. The van der Waals surface area contributed by atoms with Crippen molar-refractivity contribution in [2.24, 2.45) is 5.84 Å². The van der Waals surface area contributed by atoms with E-state index in [1.165, 1.54) is 5.56 Å². The van der Waals surface area contributed by atoms with Gasteiger partial charge in [0, 0.05) is 11.5 Å². The predicted molar refractivity (Wildman–Crippen MR) is 82.4 cm³/mol. The minimum Gasteiger partial charge on any atom is -0.494 e. The molecule has 4 heteroatoms. The summed E-state index contributed by atoms with van der Waals surface area (Å²) in [4.78, 5) is 0. The lowest BCUT2D eigenvalue weighted by atomic mass is 9.89. The van der Waals surface area contributed by atoms with Crippen LogP contribution in [0.4, 0.5) is 0 Å². The molecule has 110 valence electrons. The molecule has 0 bridgehead atoms. The number of rotatable bonds is 5. The SMILES string of the molecule is CCOc1cccc(C(NN)C2COc3ccccc32)c1. The number of hydrogen-bond acceptors (Lipinski definition) is 4. The van der Waals surface area contributed by atoms with Crippen molar-refractivity contribution in [1.29, 1.82) is 0 Å². The average molecular weight is 284 g/mol. The number of nitrogens with two attached hydrogens (primary N) is 1. The number of hydrazine groups is 1. The highest BCUT2D eigenvalue weighted by Crippen LogP contribution is 2.41. The van der Waals surface area contributed by atoms with Crippen LogP contribution in [0.25, 0.3) is 0 Å². The molecule has 2 unspecified atom stereocenters. The summed E-state index contributed by atoms with van der Waals surface area (Å²) in [6.45, 7) is 3.26. The lowest BCUT2D eigenvalue weighted by Crippen LogP contribution is -2.33. The van der Waals surface area contributed by atoms with E-state index in [0.717, 1.165) is 17.1 Å². The van der Waals surface area contributed by atoms with Crippen molar-refractivity contribution >= 4 is 0 Å². The van der Waals surface area contributed by atoms with Gasteiger partial charge in [0.05, 0.1) is 19.3 Å². The topological polar surface area (TPSA) is 56.5 Å². The Balaban J connectivity index is 1.91. The Labute approximate surface area is 124 Å². The first-order valence-corrected chi connectivity index (χ1v) is 7.24. The van der Waals surface area contributed by atoms with Gasteiger partial charge in [-0.3, -0.25) is 11.3 Å². The van der Waals surface area contributed by atoms with Crippen LogP contribution in [0.3, 0.4) is 0 Å². The zero-order chi connectivity index (χ0) is 14.7. The molecule has 0 saturated heterocycles. The number of para-hydroxylation sites is 1. The monoisotopic (exact) mass is 284 g/mol. The third-order valence-electron chi connectivity index (χ3n) is 3.85. The first-order chi connectivity index (χ1) is 10.3. The molecular formula is C17H20N2O2. The second-order valence-electron chi connectivity index (χ2n) is 5.11. The summed E-state index contributed by atoms with van der Waals surface area (Å²) >= 11 is 0. The Hall–Kier alpha value is -2.04. The van der Waals surface area contributed by atoms with Gasteiger partial charge in [-0.15, -0.1) is 0 Å². The van der Waals surface area contributed by atoms with Gasteiger partial charge in [0.15, 0.2) is 0 Å². The van der Waals surface area contributed by atoms with Crippen LogP contribution in [-0.4, -0.2) is 13.2 Å². The zero-order valence-electron chi connectivity index (χ0n) is 12.1. The Morgan fingerprint density at radius 1 is 1.29 bits per heavy atom. The van der Waals surface area contributed by atoms with Crippen molar-refractivity contribution in [3.8, 4) is 11.5 Å². The van der Waals surface area contributed by atoms with Crippen LogP contribution in [0.15, 0.2) is 48.5 Å². The third-order valence-corrected chi connectivity index (χ3v) is 3.85. The van der Waals surface area contributed by atoms with E-state index in [0.29, 0.717) is 13.2 Å². The summed E-state index contributed by atoms with van der Waals surface area (Å²) in [7, 11) is 0. The van der Waals surface area contributed by atoms with E-state index in [-0.39, 0.29) is 12.0 Å². The molecule has 1 heterocycles. The molecule has 4 nitrogen and oxygen atoms in total. The highest BCUT2D eigenvalue weighted by Gasteiger charge is 2.31. The number of hydrogen-bond donors (Lipinski definition) is 2. The average Bonchev–Trinajstić information content (AvgIpc) is 2.93. The van der Waals surface area contributed by atoms with Crippen molar-refractivity contribution < 1.29 is 9.47 Å². The van der Waals surface area contributed by atoms with Gasteiger partial charge in [-0.05, 0) is 30.7 Å².